The summed E-state index contributed by atoms with van der Waals surface area (Å²) in [5.41, 5.74) is 3.83. The molecule has 31 heavy (non-hydrogen) atoms. The number of hydrogen-bond donors (Lipinski definition) is 2. The van der Waals surface area contributed by atoms with Gasteiger partial charge in [0.1, 0.15) is 0 Å². The van der Waals surface area contributed by atoms with E-state index in [-0.39, 0.29) is 17.5 Å². The van der Waals surface area contributed by atoms with Crippen LogP contribution in [-0.4, -0.2) is 35.1 Å². The van der Waals surface area contributed by atoms with Crippen molar-refractivity contribution in [3.8, 4) is 0 Å². The van der Waals surface area contributed by atoms with E-state index < -0.39 is 0 Å². The smallest absolute Gasteiger partial charge is 0.327 e. The molecule has 2 N–H and O–H groups in total. The molecule has 7 nitrogen and oxygen atoms in total. The normalized spacial score (nSPS) is 11.6. The maximum absolute atomic E-state index is 12.6. The number of carbonyl (C=O) groups is 1. The number of imidazole rings is 1. The quantitative estimate of drug-likeness (QED) is 0.472. The second-order valence-corrected chi connectivity index (χ2v) is 7.58. The molecule has 3 aromatic rings. The molecule has 1 heterocycles. The summed E-state index contributed by atoms with van der Waals surface area (Å²) >= 11 is 0. The maximum Gasteiger partial charge on any atom is 0.327 e. The van der Waals surface area contributed by atoms with Gasteiger partial charge in [-0.3, -0.25) is 9.36 Å². The zero-order valence-corrected chi connectivity index (χ0v) is 18.3. The zero-order chi connectivity index (χ0) is 22.5. The summed E-state index contributed by atoms with van der Waals surface area (Å²) in [4.78, 5) is 36.1. The summed E-state index contributed by atoms with van der Waals surface area (Å²) in [5, 5.41) is 2.59. The summed E-state index contributed by atoms with van der Waals surface area (Å²) < 4.78 is 1.56. The number of nitrogens with one attached hydrogen (secondary N) is 2. The van der Waals surface area contributed by atoms with E-state index in [1.165, 1.54) is 0 Å². The first kappa shape index (κ1) is 22.0. The van der Waals surface area contributed by atoms with Crippen molar-refractivity contribution >= 4 is 24.3 Å². The molecule has 0 radical (unpaired) electrons. The lowest BCUT2D eigenvalue weighted by atomic mass is 9.96. The highest BCUT2D eigenvalue weighted by molar-refractivity contribution is 6.04. The Kier molecular flexibility index (Phi) is 6.65. The SMILES string of the molecule is C=N/C(=N\c1c(C)[nH]c(=O)n1Cc1ccc(C(=O)NC)cc1)c1ccccc1C(C)C. The third-order valence-electron chi connectivity index (χ3n) is 5.10. The predicted molar refractivity (Wildman–Crippen MR) is 125 cm³/mol. The Labute approximate surface area is 181 Å². The van der Waals surface area contributed by atoms with Crippen LogP contribution in [0.3, 0.4) is 0 Å². The summed E-state index contributed by atoms with van der Waals surface area (Å²) in [6.45, 7) is 10.0. The van der Waals surface area contributed by atoms with E-state index in [2.05, 4.69) is 35.9 Å². The minimum absolute atomic E-state index is 0.156. The van der Waals surface area contributed by atoms with Gasteiger partial charge in [0.15, 0.2) is 11.7 Å². The molecule has 0 aliphatic rings. The van der Waals surface area contributed by atoms with E-state index in [0.29, 0.717) is 29.5 Å². The van der Waals surface area contributed by atoms with Crippen molar-refractivity contribution in [3.05, 3.63) is 87.0 Å². The van der Waals surface area contributed by atoms with Gasteiger partial charge in [0, 0.05) is 18.2 Å². The molecule has 0 spiro atoms. The molecule has 2 aromatic carbocycles. The predicted octanol–water partition coefficient (Wildman–Crippen LogP) is 3.80. The number of rotatable bonds is 6. The molecular weight excluding hydrogens is 390 g/mol. The summed E-state index contributed by atoms with van der Waals surface area (Å²) in [7, 11) is 1.59. The van der Waals surface area contributed by atoms with Crippen LogP contribution in [0.1, 0.15) is 52.5 Å². The van der Waals surface area contributed by atoms with Gasteiger partial charge in [0.05, 0.1) is 12.2 Å². The van der Waals surface area contributed by atoms with E-state index in [1.54, 1.807) is 30.7 Å². The molecular formula is C24H27N5O2. The van der Waals surface area contributed by atoms with Crippen molar-refractivity contribution in [1.29, 1.82) is 0 Å². The Hall–Kier alpha value is -3.74. The monoisotopic (exact) mass is 417 g/mol. The van der Waals surface area contributed by atoms with Gasteiger partial charge < -0.3 is 10.3 Å². The zero-order valence-electron chi connectivity index (χ0n) is 18.3. The van der Waals surface area contributed by atoms with Crippen molar-refractivity contribution in [1.82, 2.24) is 14.9 Å². The highest BCUT2D eigenvalue weighted by atomic mass is 16.2. The van der Waals surface area contributed by atoms with Gasteiger partial charge in [0.25, 0.3) is 5.91 Å². The molecule has 0 saturated carbocycles. The Bertz CT molecular complexity index is 1180. The number of aliphatic imine (C=N–C) groups is 2. The van der Waals surface area contributed by atoms with Crippen LogP contribution >= 0.6 is 0 Å². The minimum atomic E-state index is -0.257. The number of amides is 1. The van der Waals surface area contributed by atoms with E-state index in [4.69, 9.17) is 4.99 Å². The number of aromatic nitrogens is 2. The molecule has 0 aliphatic heterocycles. The standard InChI is InChI=1S/C24H27N5O2/c1-15(2)19-8-6-7-9-20(19)21(25-4)28-22-16(3)27-24(31)29(22)14-17-10-12-18(13-11-17)23(30)26-5/h6-13,15H,4,14H2,1-3,5H3,(H,26,30)(H,27,31)/b28-21-. The third-order valence-corrected chi connectivity index (χ3v) is 5.10. The van der Waals surface area contributed by atoms with Crippen LogP contribution < -0.4 is 11.0 Å². The average molecular weight is 418 g/mol. The Morgan fingerprint density at radius 2 is 1.84 bits per heavy atom. The summed E-state index contributed by atoms with van der Waals surface area (Å²) in [6, 6.07) is 15.1. The van der Waals surface area contributed by atoms with Gasteiger partial charge in [0.2, 0.25) is 0 Å². The van der Waals surface area contributed by atoms with Crippen molar-refractivity contribution in [3.63, 3.8) is 0 Å². The fraction of sp³-hybridized carbons (Fsp3) is 0.250. The van der Waals surface area contributed by atoms with Gasteiger partial charge in [-0.1, -0.05) is 50.2 Å². The van der Waals surface area contributed by atoms with Crippen LogP contribution in [0, 0.1) is 6.92 Å². The van der Waals surface area contributed by atoms with E-state index >= 15 is 0 Å². The first-order valence-electron chi connectivity index (χ1n) is 10.1. The largest absolute Gasteiger partial charge is 0.355 e. The Morgan fingerprint density at radius 1 is 1.16 bits per heavy atom. The van der Waals surface area contributed by atoms with Crippen molar-refractivity contribution < 1.29 is 4.79 Å². The molecule has 3 rings (SSSR count). The molecule has 0 atom stereocenters. The molecule has 0 unspecified atom stereocenters. The lowest BCUT2D eigenvalue weighted by molar-refractivity contribution is 0.0963. The lowest BCUT2D eigenvalue weighted by Gasteiger charge is -2.12. The molecule has 1 amide bonds. The van der Waals surface area contributed by atoms with Crippen LogP contribution in [0.5, 0.6) is 0 Å². The number of benzene rings is 2. The van der Waals surface area contributed by atoms with Crippen molar-refractivity contribution in [2.45, 2.75) is 33.2 Å². The highest BCUT2D eigenvalue weighted by Gasteiger charge is 2.15. The number of aromatic amines is 1. The van der Waals surface area contributed by atoms with Crippen molar-refractivity contribution in [2.24, 2.45) is 9.98 Å². The number of nitrogens with zero attached hydrogens (tertiary/aromatic N) is 3. The van der Waals surface area contributed by atoms with Crippen LogP contribution in [0.4, 0.5) is 5.82 Å². The maximum atomic E-state index is 12.6. The van der Waals surface area contributed by atoms with Gasteiger partial charge in [-0.05, 0) is 42.8 Å². The number of hydrogen-bond acceptors (Lipinski definition) is 3. The first-order valence-corrected chi connectivity index (χ1v) is 10.1. The lowest BCUT2D eigenvalue weighted by Crippen LogP contribution is -2.19. The topological polar surface area (TPSA) is 91.6 Å². The summed E-state index contributed by atoms with van der Waals surface area (Å²) in [5.74, 6) is 1.10. The van der Waals surface area contributed by atoms with Crippen LogP contribution in [-0.2, 0) is 6.54 Å². The second-order valence-electron chi connectivity index (χ2n) is 7.58. The Balaban J connectivity index is 2.03. The molecule has 0 bridgehead atoms. The van der Waals surface area contributed by atoms with Crippen LogP contribution in [0.15, 0.2) is 63.3 Å². The molecule has 0 aliphatic carbocycles. The fourth-order valence-corrected chi connectivity index (χ4v) is 3.45. The molecule has 0 fully saturated rings. The molecule has 0 saturated heterocycles. The first-order chi connectivity index (χ1) is 14.8. The minimum Gasteiger partial charge on any atom is -0.355 e. The summed E-state index contributed by atoms with van der Waals surface area (Å²) in [6.07, 6.45) is 0. The third kappa shape index (κ3) is 4.71. The van der Waals surface area contributed by atoms with Crippen molar-refractivity contribution in [2.75, 3.05) is 7.05 Å². The highest BCUT2D eigenvalue weighted by Crippen LogP contribution is 2.24. The number of H-pyrrole nitrogens is 1. The van der Waals surface area contributed by atoms with E-state index in [1.807, 2.05) is 36.4 Å². The average Bonchev–Trinajstić information content (AvgIpc) is 3.04. The van der Waals surface area contributed by atoms with Crippen LogP contribution in [0.25, 0.3) is 0 Å². The second kappa shape index (κ2) is 9.38. The van der Waals surface area contributed by atoms with E-state index in [0.717, 1.165) is 16.7 Å². The fourth-order valence-electron chi connectivity index (χ4n) is 3.45. The van der Waals surface area contributed by atoms with Gasteiger partial charge in [-0.15, -0.1) is 0 Å². The van der Waals surface area contributed by atoms with Gasteiger partial charge in [-0.2, -0.15) is 0 Å². The molecule has 160 valence electrons. The van der Waals surface area contributed by atoms with Gasteiger partial charge >= 0.3 is 5.69 Å². The van der Waals surface area contributed by atoms with Gasteiger partial charge in [-0.25, -0.2) is 14.8 Å². The van der Waals surface area contributed by atoms with E-state index in [9.17, 15) is 9.59 Å². The number of aryl methyl sites for hydroxylation is 1. The molecule has 1 aromatic heterocycles. The van der Waals surface area contributed by atoms with Crippen LogP contribution in [0.2, 0.25) is 0 Å². The number of carbonyl (C=O) groups excluding carboxylic acids is 1. The molecule has 7 heteroatoms. The Morgan fingerprint density at radius 3 is 2.45 bits per heavy atom. The number of amidine groups is 1.